The summed E-state index contributed by atoms with van der Waals surface area (Å²) < 4.78 is 5.47. The van der Waals surface area contributed by atoms with Crippen LogP contribution in [-0.2, 0) is 4.74 Å². The zero-order valence-corrected chi connectivity index (χ0v) is 20.5. The summed E-state index contributed by atoms with van der Waals surface area (Å²) in [7, 11) is 1.90. The average molecular weight is 497 g/mol. The molecule has 0 spiro atoms. The zero-order chi connectivity index (χ0) is 24.8. The number of amides is 1. The van der Waals surface area contributed by atoms with E-state index in [9.17, 15) is 9.90 Å². The van der Waals surface area contributed by atoms with Gasteiger partial charge in [0.1, 0.15) is 5.82 Å². The highest BCUT2D eigenvalue weighted by molar-refractivity contribution is 6.30. The number of nitrogens with zero attached hydrogens (tertiary/aromatic N) is 4. The minimum Gasteiger partial charge on any atom is -0.394 e. The van der Waals surface area contributed by atoms with Gasteiger partial charge in [0.25, 0.3) is 5.91 Å². The lowest BCUT2D eigenvalue weighted by Crippen LogP contribution is -2.37. The van der Waals surface area contributed by atoms with Gasteiger partial charge in [0.15, 0.2) is 0 Å². The highest BCUT2D eigenvalue weighted by Crippen LogP contribution is 2.28. The summed E-state index contributed by atoms with van der Waals surface area (Å²) in [6, 6.07) is 14.5. The van der Waals surface area contributed by atoms with Gasteiger partial charge in [-0.2, -0.15) is 4.98 Å². The number of carbonyl (C=O) groups is 1. The standard InChI is InChI=1S/C25H29ClN6O3/c1-17(16-33)28-24(34)18-12-20(15-22(13-18)32-8-10-35-11-9-32)29-25-27-7-6-23(30-25)31(2)21-5-3-4-19(26)14-21/h3-7,12-15,17,33H,8-11,16H2,1-2H3,(H,28,34)(H,27,29,30). The molecule has 0 radical (unpaired) electrons. The molecular formula is C25H29ClN6O3. The maximum absolute atomic E-state index is 12.8. The van der Waals surface area contributed by atoms with Crippen molar-refractivity contribution in [1.82, 2.24) is 15.3 Å². The number of morpholine rings is 1. The highest BCUT2D eigenvalue weighted by Gasteiger charge is 2.17. The summed E-state index contributed by atoms with van der Waals surface area (Å²) in [5.74, 6) is 0.814. The molecule has 1 atom stereocenters. The van der Waals surface area contributed by atoms with Crippen LogP contribution in [0.4, 0.5) is 28.8 Å². The van der Waals surface area contributed by atoms with E-state index in [0.29, 0.717) is 41.3 Å². The van der Waals surface area contributed by atoms with Gasteiger partial charge in [-0.3, -0.25) is 4.79 Å². The smallest absolute Gasteiger partial charge is 0.251 e. The molecule has 1 aliphatic heterocycles. The molecule has 1 unspecified atom stereocenters. The maximum Gasteiger partial charge on any atom is 0.251 e. The number of rotatable bonds is 8. The summed E-state index contributed by atoms with van der Waals surface area (Å²) in [4.78, 5) is 25.9. The van der Waals surface area contributed by atoms with Gasteiger partial charge in [-0.05, 0) is 49.4 Å². The van der Waals surface area contributed by atoms with E-state index in [1.54, 1.807) is 19.2 Å². The fraction of sp³-hybridized carbons (Fsp3) is 0.320. The third-order valence-electron chi connectivity index (χ3n) is 5.64. The molecule has 1 fully saturated rings. The number of benzene rings is 2. The van der Waals surface area contributed by atoms with Crippen molar-refractivity contribution >= 4 is 46.3 Å². The second-order valence-corrected chi connectivity index (χ2v) is 8.76. The van der Waals surface area contributed by atoms with Crippen LogP contribution in [0.2, 0.25) is 5.02 Å². The molecule has 9 nitrogen and oxygen atoms in total. The summed E-state index contributed by atoms with van der Waals surface area (Å²) in [6.45, 7) is 4.32. The predicted molar refractivity (Wildman–Crippen MR) is 138 cm³/mol. The number of anilines is 5. The van der Waals surface area contributed by atoms with Crippen LogP contribution in [-0.4, -0.2) is 67.0 Å². The molecular weight excluding hydrogens is 468 g/mol. The van der Waals surface area contributed by atoms with E-state index in [1.807, 2.05) is 54.4 Å². The molecule has 10 heteroatoms. The molecule has 1 aliphatic rings. The molecule has 184 valence electrons. The number of halogens is 1. The third-order valence-corrected chi connectivity index (χ3v) is 5.88. The molecule has 0 bridgehead atoms. The van der Waals surface area contributed by atoms with E-state index in [-0.39, 0.29) is 18.6 Å². The van der Waals surface area contributed by atoms with Crippen molar-refractivity contribution in [3.05, 3.63) is 65.3 Å². The van der Waals surface area contributed by atoms with Crippen LogP contribution in [0.5, 0.6) is 0 Å². The lowest BCUT2D eigenvalue weighted by Gasteiger charge is -2.29. The summed E-state index contributed by atoms with van der Waals surface area (Å²) >= 11 is 6.14. The maximum atomic E-state index is 12.8. The first-order valence-electron chi connectivity index (χ1n) is 11.4. The number of aliphatic hydroxyl groups excluding tert-OH is 1. The fourth-order valence-electron chi connectivity index (χ4n) is 3.71. The largest absolute Gasteiger partial charge is 0.394 e. The molecule has 35 heavy (non-hydrogen) atoms. The molecule has 1 amide bonds. The minimum absolute atomic E-state index is 0.138. The number of ether oxygens (including phenoxy) is 1. The Morgan fingerprint density at radius 2 is 2.03 bits per heavy atom. The van der Waals surface area contributed by atoms with Crippen LogP contribution in [0.3, 0.4) is 0 Å². The monoisotopic (exact) mass is 496 g/mol. The Morgan fingerprint density at radius 1 is 1.23 bits per heavy atom. The zero-order valence-electron chi connectivity index (χ0n) is 19.7. The van der Waals surface area contributed by atoms with Crippen LogP contribution in [0, 0.1) is 0 Å². The van der Waals surface area contributed by atoms with Crippen LogP contribution >= 0.6 is 11.6 Å². The minimum atomic E-state index is -0.354. The molecule has 2 heterocycles. The summed E-state index contributed by atoms with van der Waals surface area (Å²) in [5.41, 5.74) is 2.95. The first-order chi connectivity index (χ1) is 16.9. The van der Waals surface area contributed by atoms with E-state index in [0.717, 1.165) is 24.5 Å². The Balaban J connectivity index is 1.61. The number of hydrogen-bond donors (Lipinski definition) is 3. The number of carbonyl (C=O) groups excluding carboxylic acids is 1. The summed E-state index contributed by atoms with van der Waals surface area (Å²) in [6.07, 6.45) is 1.67. The number of aliphatic hydroxyl groups is 1. The number of hydrogen-bond acceptors (Lipinski definition) is 8. The topological polar surface area (TPSA) is 103 Å². The predicted octanol–water partition coefficient (Wildman–Crippen LogP) is 3.59. The molecule has 1 saturated heterocycles. The van der Waals surface area contributed by atoms with Crippen molar-refractivity contribution < 1.29 is 14.6 Å². The van der Waals surface area contributed by atoms with Crippen molar-refractivity contribution in [3.8, 4) is 0 Å². The van der Waals surface area contributed by atoms with E-state index >= 15 is 0 Å². The van der Waals surface area contributed by atoms with Gasteiger partial charge in [0, 0.05) is 60.0 Å². The molecule has 0 aliphatic carbocycles. The fourth-order valence-corrected chi connectivity index (χ4v) is 3.90. The van der Waals surface area contributed by atoms with Crippen molar-refractivity contribution in [1.29, 1.82) is 0 Å². The molecule has 4 rings (SSSR count). The lowest BCUT2D eigenvalue weighted by atomic mass is 10.1. The average Bonchev–Trinajstić information content (AvgIpc) is 2.88. The van der Waals surface area contributed by atoms with Crippen molar-refractivity contribution in [2.75, 3.05) is 55.1 Å². The van der Waals surface area contributed by atoms with E-state index in [4.69, 9.17) is 16.3 Å². The van der Waals surface area contributed by atoms with Crippen LogP contribution < -0.4 is 20.4 Å². The Morgan fingerprint density at radius 3 is 2.77 bits per heavy atom. The second-order valence-electron chi connectivity index (χ2n) is 8.33. The quantitative estimate of drug-likeness (QED) is 0.435. The Bertz CT molecular complexity index is 1170. The Labute approximate surface area is 209 Å². The Kier molecular flexibility index (Phi) is 8.02. The lowest BCUT2D eigenvalue weighted by molar-refractivity contribution is 0.0922. The molecule has 0 saturated carbocycles. The van der Waals surface area contributed by atoms with Gasteiger partial charge >= 0.3 is 0 Å². The van der Waals surface area contributed by atoms with Gasteiger partial charge in [0.2, 0.25) is 5.95 Å². The second kappa shape index (κ2) is 11.4. The van der Waals surface area contributed by atoms with E-state index < -0.39 is 0 Å². The van der Waals surface area contributed by atoms with Crippen molar-refractivity contribution in [3.63, 3.8) is 0 Å². The van der Waals surface area contributed by atoms with Gasteiger partial charge in [-0.1, -0.05) is 17.7 Å². The van der Waals surface area contributed by atoms with Crippen LogP contribution in [0.15, 0.2) is 54.7 Å². The third kappa shape index (κ3) is 6.39. The first-order valence-corrected chi connectivity index (χ1v) is 11.8. The van der Waals surface area contributed by atoms with E-state index in [1.165, 1.54) is 0 Å². The van der Waals surface area contributed by atoms with Crippen LogP contribution in [0.25, 0.3) is 0 Å². The number of nitrogens with one attached hydrogen (secondary N) is 2. The van der Waals surface area contributed by atoms with Gasteiger partial charge in [-0.15, -0.1) is 0 Å². The Hall–Kier alpha value is -3.40. The molecule has 3 N–H and O–H groups in total. The SMILES string of the molecule is CC(CO)NC(=O)c1cc(Nc2nccc(N(C)c3cccc(Cl)c3)n2)cc(N2CCOCC2)c1. The van der Waals surface area contributed by atoms with Crippen molar-refractivity contribution in [2.45, 2.75) is 13.0 Å². The van der Waals surface area contributed by atoms with Gasteiger partial charge in [-0.25, -0.2) is 4.98 Å². The van der Waals surface area contributed by atoms with Crippen molar-refractivity contribution in [2.24, 2.45) is 0 Å². The number of aromatic nitrogens is 2. The molecule has 2 aromatic carbocycles. The van der Waals surface area contributed by atoms with Gasteiger partial charge in [0.05, 0.1) is 19.8 Å². The highest BCUT2D eigenvalue weighted by atomic mass is 35.5. The van der Waals surface area contributed by atoms with Crippen LogP contribution in [0.1, 0.15) is 17.3 Å². The normalized spacial score (nSPS) is 14.3. The van der Waals surface area contributed by atoms with E-state index in [2.05, 4.69) is 25.5 Å². The molecule has 1 aromatic heterocycles. The van der Waals surface area contributed by atoms with Gasteiger partial charge < -0.3 is 30.3 Å². The molecule has 3 aromatic rings. The summed E-state index contributed by atoms with van der Waals surface area (Å²) in [5, 5.41) is 16.0. The first kappa shape index (κ1) is 24.7.